The number of methoxy groups -OCH3 is 1. The lowest BCUT2D eigenvalue weighted by Gasteiger charge is -2.11. The highest BCUT2D eigenvalue weighted by atomic mass is 16.5. The fraction of sp³-hybridized carbons (Fsp3) is 0.500. The van der Waals surface area contributed by atoms with Crippen LogP contribution in [0.25, 0.3) is 0 Å². The third-order valence-corrected chi connectivity index (χ3v) is 2.73. The van der Waals surface area contributed by atoms with E-state index in [0.717, 1.165) is 17.7 Å². The second-order valence-electron chi connectivity index (χ2n) is 4.78. The van der Waals surface area contributed by atoms with Gasteiger partial charge in [0.1, 0.15) is 5.75 Å². The Morgan fingerprint density at radius 1 is 1.44 bits per heavy atom. The molecule has 0 radical (unpaired) electrons. The molecular formula is C14H22N2O2. The van der Waals surface area contributed by atoms with Crippen molar-refractivity contribution in [1.82, 2.24) is 5.32 Å². The van der Waals surface area contributed by atoms with Crippen molar-refractivity contribution in [3.63, 3.8) is 0 Å². The zero-order chi connectivity index (χ0) is 13.5. The van der Waals surface area contributed by atoms with Crippen molar-refractivity contribution in [3.8, 4) is 5.75 Å². The molecule has 0 fully saturated rings. The van der Waals surface area contributed by atoms with Crippen molar-refractivity contribution in [2.24, 2.45) is 5.92 Å². The van der Waals surface area contributed by atoms with Crippen LogP contribution in [0.4, 0.5) is 5.69 Å². The van der Waals surface area contributed by atoms with Crippen molar-refractivity contribution in [2.75, 3.05) is 12.8 Å². The highest BCUT2D eigenvalue weighted by Gasteiger charge is 2.07. The number of nitrogens with two attached hydrogens (primary N) is 1. The molecule has 3 N–H and O–H groups in total. The van der Waals surface area contributed by atoms with E-state index in [1.165, 1.54) is 0 Å². The lowest BCUT2D eigenvalue weighted by molar-refractivity contribution is -0.121. The second kappa shape index (κ2) is 6.89. The summed E-state index contributed by atoms with van der Waals surface area (Å²) < 4.78 is 5.22. The van der Waals surface area contributed by atoms with Crippen LogP contribution in [-0.2, 0) is 11.3 Å². The van der Waals surface area contributed by atoms with Crippen LogP contribution in [0.1, 0.15) is 32.3 Å². The van der Waals surface area contributed by atoms with Gasteiger partial charge in [-0.3, -0.25) is 4.79 Å². The van der Waals surface area contributed by atoms with Gasteiger partial charge in [0.15, 0.2) is 0 Å². The summed E-state index contributed by atoms with van der Waals surface area (Å²) in [5.74, 6) is 1.35. The summed E-state index contributed by atoms with van der Waals surface area (Å²) in [7, 11) is 1.61. The predicted octanol–water partition coefficient (Wildman–Crippen LogP) is 2.33. The van der Waals surface area contributed by atoms with Crippen LogP contribution in [0, 0.1) is 5.92 Å². The standard InChI is InChI=1S/C14H22N2O2/c1-10(2)4-7-14(17)16-9-11-8-12(15)5-6-13(11)18-3/h5-6,8,10H,4,7,9,15H2,1-3H3,(H,16,17). The summed E-state index contributed by atoms with van der Waals surface area (Å²) >= 11 is 0. The van der Waals surface area contributed by atoms with E-state index in [4.69, 9.17) is 10.5 Å². The van der Waals surface area contributed by atoms with Gasteiger partial charge in [-0.25, -0.2) is 0 Å². The van der Waals surface area contributed by atoms with Crippen LogP contribution in [0.3, 0.4) is 0 Å². The number of ether oxygens (including phenoxy) is 1. The third kappa shape index (κ3) is 4.65. The smallest absolute Gasteiger partial charge is 0.220 e. The van der Waals surface area contributed by atoms with E-state index in [1.807, 2.05) is 12.1 Å². The fourth-order valence-corrected chi connectivity index (χ4v) is 1.64. The Labute approximate surface area is 109 Å². The molecule has 18 heavy (non-hydrogen) atoms. The van der Waals surface area contributed by atoms with E-state index in [1.54, 1.807) is 13.2 Å². The number of nitrogen functional groups attached to an aromatic ring is 1. The van der Waals surface area contributed by atoms with Gasteiger partial charge in [0.25, 0.3) is 0 Å². The van der Waals surface area contributed by atoms with Crippen LogP contribution < -0.4 is 15.8 Å². The summed E-state index contributed by atoms with van der Waals surface area (Å²) in [4.78, 5) is 11.6. The first-order chi connectivity index (χ1) is 8.52. The Kier molecular flexibility index (Phi) is 5.49. The summed E-state index contributed by atoms with van der Waals surface area (Å²) in [5, 5.41) is 2.88. The highest BCUT2D eigenvalue weighted by Crippen LogP contribution is 2.20. The fourth-order valence-electron chi connectivity index (χ4n) is 1.64. The molecule has 0 bridgehead atoms. The molecule has 0 aliphatic heterocycles. The van der Waals surface area contributed by atoms with Gasteiger partial charge in [-0.05, 0) is 30.5 Å². The number of anilines is 1. The van der Waals surface area contributed by atoms with Gasteiger partial charge < -0.3 is 15.8 Å². The first-order valence-corrected chi connectivity index (χ1v) is 6.22. The van der Waals surface area contributed by atoms with Gasteiger partial charge in [-0.1, -0.05) is 13.8 Å². The van der Waals surface area contributed by atoms with Gasteiger partial charge in [-0.2, -0.15) is 0 Å². The molecule has 1 aromatic carbocycles. The van der Waals surface area contributed by atoms with Gasteiger partial charge in [0, 0.05) is 24.2 Å². The molecule has 1 amide bonds. The van der Waals surface area contributed by atoms with Crippen molar-refractivity contribution >= 4 is 11.6 Å². The summed E-state index contributed by atoms with van der Waals surface area (Å²) in [6.45, 7) is 4.66. The lowest BCUT2D eigenvalue weighted by atomic mass is 10.1. The molecule has 1 aromatic rings. The van der Waals surface area contributed by atoms with Crippen LogP contribution in [0.5, 0.6) is 5.75 Å². The minimum Gasteiger partial charge on any atom is -0.496 e. The van der Waals surface area contributed by atoms with Crippen LogP contribution in [-0.4, -0.2) is 13.0 Å². The van der Waals surface area contributed by atoms with Gasteiger partial charge >= 0.3 is 0 Å². The maximum atomic E-state index is 11.6. The molecule has 0 aliphatic carbocycles. The van der Waals surface area contributed by atoms with Gasteiger partial charge in [0.05, 0.1) is 7.11 Å². The highest BCUT2D eigenvalue weighted by molar-refractivity contribution is 5.76. The van der Waals surface area contributed by atoms with Crippen molar-refractivity contribution in [3.05, 3.63) is 23.8 Å². The van der Waals surface area contributed by atoms with Crippen LogP contribution >= 0.6 is 0 Å². The molecule has 0 heterocycles. The van der Waals surface area contributed by atoms with Crippen molar-refractivity contribution in [2.45, 2.75) is 33.2 Å². The number of nitrogens with one attached hydrogen (secondary N) is 1. The van der Waals surface area contributed by atoms with E-state index in [-0.39, 0.29) is 5.91 Å². The number of hydrogen-bond donors (Lipinski definition) is 2. The monoisotopic (exact) mass is 250 g/mol. The molecule has 4 nitrogen and oxygen atoms in total. The molecule has 1 rings (SSSR count). The minimum absolute atomic E-state index is 0.0631. The van der Waals surface area contributed by atoms with Crippen LogP contribution in [0.2, 0.25) is 0 Å². The average Bonchev–Trinajstić information content (AvgIpc) is 2.34. The van der Waals surface area contributed by atoms with Gasteiger partial charge in [0.2, 0.25) is 5.91 Å². The first kappa shape index (κ1) is 14.4. The van der Waals surface area contributed by atoms with Crippen molar-refractivity contribution < 1.29 is 9.53 Å². The van der Waals surface area contributed by atoms with E-state index < -0.39 is 0 Å². The number of carbonyl (C=O) groups is 1. The number of amides is 1. The minimum atomic E-state index is 0.0631. The number of rotatable bonds is 6. The Hall–Kier alpha value is -1.71. The number of hydrogen-bond acceptors (Lipinski definition) is 3. The summed E-state index contributed by atoms with van der Waals surface area (Å²) in [6.07, 6.45) is 1.46. The molecule has 0 aliphatic rings. The molecule has 0 aromatic heterocycles. The molecule has 4 heteroatoms. The zero-order valence-corrected chi connectivity index (χ0v) is 11.3. The number of carbonyl (C=O) groups excluding carboxylic acids is 1. The molecule has 0 spiro atoms. The van der Waals surface area contributed by atoms with Crippen LogP contribution in [0.15, 0.2) is 18.2 Å². The molecule has 0 atom stereocenters. The maximum absolute atomic E-state index is 11.6. The zero-order valence-electron chi connectivity index (χ0n) is 11.3. The van der Waals surface area contributed by atoms with E-state index in [0.29, 0.717) is 24.6 Å². The quantitative estimate of drug-likeness (QED) is 0.762. The van der Waals surface area contributed by atoms with Gasteiger partial charge in [-0.15, -0.1) is 0 Å². The first-order valence-electron chi connectivity index (χ1n) is 6.22. The second-order valence-corrected chi connectivity index (χ2v) is 4.78. The summed E-state index contributed by atoms with van der Waals surface area (Å²) in [5.41, 5.74) is 7.29. The Bertz CT molecular complexity index is 403. The summed E-state index contributed by atoms with van der Waals surface area (Å²) in [6, 6.07) is 5.41. The average molecular weight is 250 g/mol. The molecule has 0 saturated heterocycles. The largest absolute Gasteiger partial charge is 0.496 e. The van der Waals surface area contributed by atoms with Crippen molar-refractivity contribution in [1.29, 1.82) is 0 Å². The Morgan fingerprint density at radius 3 is 2.78 bits per heavy atom. The molecular weight excluding hydrogens is 228 g/mol. The lowest BCUT2D eigenvalue weighted by Crippen LogP contribution is -2.23. The molecule has 0 unspecified atom stereocenters. The maximum Gasteiger partial charge on any atom is 0.220 e. The third-order valence-electron chi connectivity index (χ3n) is 2.73. The molecule has 0 saturated carbocycles. The Balaban J connectivity index is 2.52. The topological polar surface area (TPSA) is 64.3 Å². The van der Waals surface area contributed by atoms with E-state index >= 15 is 0 Å². The van der Waals surface area contributed by atoms with E-state index in [2.05, 4.69) is 19.2 Å². The SMILES string of the molecule is COc1ccc(N)cc1CNC(=O)CCC(C)C. The normalized spacial score (nSPS) is 10.4. The number of benzene rings is 1. The molecule has 100 valence electrons. The predicted molar refractivity (Wildman–Crippen MR) is 73.3 cm³/mol. The Morgan fingerprint density at radius 2 is 2.17 bits per heavy atom. The van der Waals surface area contributed by atoms with E-state index in [9.17, 15) is 4.79 Å².